The molecule has 0 aromatic carbocycles. The molecule has 6 nitrogen and oxygen atoms in total. The molecule has 3 amide bonds. The molecule has 6 heteroatoms. The highest BCUT2D eigenvalue weighted by Gasteiger charge is 2.31. The van der Waals surface area contributed by atoms with Crippen LogP contribution in [0, 0.1) is 5.92 Å². The Balaban J connectivity index is 1.46. The molecule has 22 heavy (non-hydrogen) atoms. The summed E-state index contributed by atoms with van der Waals surface area (Å²) in [5.41, 5.74) is 0. The molecular formula is C16H27N3O3. The van der Waals surface area contributed by atoms with Gasteiger partial charge in [0.2, 0.25) is 5.91 Å². The molecule has 124 valence electrons. The molecule has 3 fully saturated rings. The molecule has 0 aromatic heterocycles. The number of rotatable bonds is 3. The summed E-state index contributed by atoms with van der Waals surface area (Å²) >= 11 is 0. The van der Waals surface area contributed by atoms with Gasteiger partial charge >= 0.3 is 6.03 Å². The summed E-state index contributed by atoms with van der Waals surface area (Å²) < 4.78 is 5.53. The van der Waals surface area contributed by atoms with Crippen molar-refractivity contribution in [3.05, 3.63) is 0 Å². The Hall–Kier alpha value is -1.30. The standard InChI is InChI=1S/C16H27N3O3/c20-15(17-11-14-6-4-10-22-14)13-5-3-9-19(12-13)16(21)18-7-1-2-8-18/h13-14H,1-12H2,(H,17,20). The molecule has 2 atom stereocenters. The zero-order valence-electron chi connectivity index (χ0n) is 13.3. The fourth-order valence-corrected chi connectivity index (χ4v) is 3.64. The molecular weight excluding hydrogens is 282 g/mol. The number of nitrogens with zero attached hydrogens (tertiary/aromatic N) is 2. The van der Waals surface area contributed by atoms with Crippen LogP contribution >= 0.6 is 0 Å². The summed E-state index contributed by atoms with van der Waals surface area (Å²) in [6.07, 6.45) is 6.29. The van der Waals surface area contributed by atoms with Crippen molar-refractivity contribution in [1.82, 2.24) is 15.1 Å². The first-order valence-electron chi connectivity index (χ1n) is 8.67. The van der Waals surface area contributed by atoms with Crippen LogP contribution in [0.3, 0.4) is 0 Å². The van der Waals surface area contributed by atoms with Crippen LogP contribution in [0.25, 0.3) is 0 Å². The van der Waals surface area contributed by atoms with E-state index in [9.17, 15) is 9.59 Å². The molecule has 1 N–H and O–H groups in total. The van der Waals surface area contributed by atoms with Crippen LogP contribution in [-0.2, 0) is 9.53 Å². The van der Waals surface area contributed by atoms with Crippen LogP contribution in [-0.4, -0.2) is 67.2 Å². The Morgan fingerprint density at radius 2 is 1.77 bits per heavy atom. The summed E-state index contributed by atoms with van der Waals surface area (Å²) in [6.45, 7) is 4.49. The summed E-state index contributed by atoms with van der Waals surface area (Å²) in [5.74, 6) is 0.0103. The SMILES string of the molecule is O=C(NCC1CCCO1)C1CCCN(C(=O)N2CCCC2)C1. The van der Waals surface area contributed by atoms with E-state index in [4.69, 9.17) is 4.74 Å². The molecule has 0 saturated carbocycles. The third-order valence-electron chi connectivity index (χ3n) is 4.97. The Bertz CT molecular complexity index is 403. The van der Waals surface area contributed by atoms with Crippen LogP contribution < -0.4 is 5.32 Å². The summed E-state index contributed by atoms with van der Waals surface area (Å²) in [4.78, 5) is 28.6. The number of carbonyl (C=O) groups excluding carboxylic acids is 2. The lowest BCUT2D eigenvalue weighted by atomic mass is 9.97. The predicted octanol–water partition coefficient (Wildman–Crippen LogP) is 1.21. The van der Waals surface area contributed by atoms with E-state index in [0.29, 0.717) is 13.1 Å². The van der Waals surface area contributed by atoms with Crippen molar-refractivity contribution in [2.75, 3.05) is 39.3 Å². The van der Waals surface area contributed by atoms with Gasteiger partial charge in [-0.2, -0.15) is 0 Å². The Labute approximate surface area is 132 Å². The number of hydrogen-bond acceptors (Lipinski definition) is 3. The second-order valence-electron chi connectivity index (χ2n) is 6.64. The van der Waals surface area contributed by atoms with Gasteiger partial charge in [0.15, 0.2) is 0 Å². The molecule has 3 aliphatic heterocycles. The van der Waals surface area contributed by atoms with Gasteiger partial charge in [0.1, 0.15) is 0 Å². The number of carbonyl (C=O) groups is 2. The maximum Gasteiger partial charge on any atom is 0.320 e. The molecule has 3 saturated heterocycles. The maximum absolute atomic E-state index is 12.4. The van der Waals surface area contributed by atoms with Gasteiger partial charge < -0.3 is 19.9 Å². The average molecular weight is 309 g/mol. The van der Waals surface area contributed by atoms with Gasteiger partial charge in [-0.05, 0) is 38.5 Å². The van der Waals surface area contributed by atoms with E-state index in [0.717, 1.165) is 64.8 Å². The van der Waals surface area contributed by atoms with Crippen molar-refractivity contribution in [2.24, 2.45) is 5.92 Å². The van der Waals surface area contributed by atoms with E-state index in [1.807, 2.05) is 9.80 Å². The van der Waals surface area contributed by atoms with Crippen molar-refractivity contribution in [3.63, 3.8) is 0 Å². The topological polar surface area (TPSA) is 61.9 Å². The normalized spacial score (nSPS) is 28.9. The van der Waals surface area contributed by atoms with E-state index < -0.39 is 0 Å². The van der Waals surface area contributed by atoms with E-state index >= 15 is 0 Å². The molecule has 2 unspecified atom stereocenters. The highest BCUT2D eigenvalue weighted by atomic mass is 16.5. The highest BCUT2D eigenvalue weighted by molar-refractivity contribution is 5.81. The lowest BCUT2D eigenvalue weighted by Gasteiger charge is -2.34. The van der Waals surface area contributed by atoms with Crippen molar-refractivity contribution in [3.8, 4) is 0 Å². The minimum Gasteiger partial charge on any atom is -0.376 e. The monoisotopic (exact) mass is 309 g/mol. The fraction of sp³-hybridized carbons (Fsp3) is 0.875. The molecule has 0 aromatic rings. The quantitative estimate of drug-likeness (QED) is 0.852. The van der Waals surface area contributed by atoms with E-state index in [-0.39, 0.29) is 24.0 Å². The van der Waals surface area contributed by atoms with Crippen molar-refractivity contribution >= 4 is 11.9 Å². The van der Waals surface area contributed by atoms with E-state index in [2.05, 4.69) is 5.32 Å². The van der Waals surface area contributed by atoms with Gasteiger partial charge in [-0.1, -0.05) is 0 Å². The van der Waals surface area contributed by atoms with Crippen LogP contribution in [0.2, 0.25) is 0 Å². The fourth-order valence-electron chi connectivity index (χ4n) is 3.64. The molecule has 3 rings (SSSR count). The first-order chi connectivity index (χ1) is 10.7. The lowest BCUT2D eigenvalue weighted by Crippen LogP contribution is -2.50. The minimum absolute atomic E-state index is 0.0679. The minimum atomic E-state index is -0.0679. The molecule has 0 radical (unpaired) electrons. The number of hydrogen-bond donors (Lipinski definition) is 1. The number of nitrogens with one attached hydrogen (secondary N) is 1. The van der Waals surface area contributed by atoms with Crippen molar-refractivity contribution < 1.29 is 14.3 Å². The lowest BCUT2D eigenvalue weighted by molar-refractivity contribution is -0.126. The Morgan fingerprint density at radius 1 is 1.00 bits per heavy atom. The van der Waals surface area contributed by atoms with Crippen LogP contribution in [0.1, 0.15) is 38.5 Å². The van der Waals surface area contributed by atoms with Crippen molar-refractivity contribution in [2.45, 2.75) is 44.6 Å². The number of ether oxygens (including phenoxy) is 1. The van der Waals surface area contributed by atoms with Gasteiger partial charge in [0, 0.05) is 39.3 Å². The second kappa shape index (κ2) is 7.31. The van der Waals surface area contributed by atoms with Gasteiger partial charge in [0.25, 0.3) is 0 Å². The summed E-state index contributed by atoms with van der Waals surface area (Å²) in [5, 5.41) is 3.01. The van der Waals surface area contributed by atoms with Crippen LogP contribution in [0.5, 0.6) is 0 Å². The third kappa shape index (κ3) is 3.72. The Morgan fingerprint density at radius 3 is 2.50 bits per heavy atom. The number of likely N-dealkylation sites (tertiary alicyclic amines) is 2. The average Bonchev–Trinajstić information content (AvgIpc) is 3.25. The highest BCUT2D eigenvalue weighted by Crippen LogP contribution is 2.20. The van der Waals surface area contributed by atoms with Gasteiger partial charge in [-0.3, -0.25) is 4.79 Å². The zero-order valence-corrected chi connectivity index (χ0v) is 13.3. The first kappa shape index (κ1) is 15.6. The first-order valence-corrected chi connectivity index (χ1v) is 8.67. The molecule has 3 heterocycles. The predicted molar refractivity (Wildman–Crippen MR) is 82.5 cm³/mol. The largest absolute Gasteiger partial charge is 0.376 e. The molecule has 0 aliphatic carbocycles. The third-order valence-corrected chi connectivity index (χ3v) is 4.97. The van der Waals surface area contributed by atoms with Gasteiger partial charge in [-0.15, -0.1) is 0 Å². The summed E-state index contributed by atoms with van der Waals surface area (Å²) in [6, 6.07) is 0.120. The van der Waals surface area contributed by atoms with E-state index in [1.54, 1.807) is 0 Å². The maximum atomic E-state index is 12.4. The smallest absolute Gasteiger partial charge is 0.320 e. The molecule has 3 aliphatic rings. The Kier molecular flexibility index (Phi) is 5.18. The summed E-state index contributed by atoms with van der Waals surface area (Å²) in [7, 11) is 0. The van der Waals surface area contributed by atoms with Crippen molar-refractivity contribution in [1.29, 1.82) is 0 Å². The molecule has 0 spiro atoms. The van der Waals surface area contributed by atoms with E-state index in [1.165, 1.54) is 0 Å². The van der Waals surface area contributed by atoms with Crippen LogP contribution in [0.15, 0.2) is 0 Å². The number of piperidine rings is 1. The number of amides is 3. The van der Waals surface area contributed by atoms with Gasteiger partial charge in [0.05, 0.1) is 12.0 Å². The number of urea groups is 1. The zero-order chi connectivity index (χ0) is 15.4. The second-order valence-corrected chi connectivity index (χ2v) is 6.64. The van der Waals surface area contributed by atoms with Gasteiger partial charge in [-0.25, -0.2) is 4.79 Å². The van der Waals surface area contributed by atoms with Crippen LogP contribution in [0.4, 0.5) is 4.79 Å². The molecule has 0 bridgehead atoms.